The van der Waals surface area contributed by atoms with Gasteiger partial charge in [-0.1, -0.05) is 29.3 Å². The smallest absolute Gasteiger partial charge is 0.244 e. The summed E-state index contributed by atoms with van der Waals surface area (Å²) < 4.78 is 41.2. The van der Waals surface area contributed by atoms with Crippen molar-refractivity contribution >= 4 is 33.2 Å². The molecule has 1 saturated heterocycles. The van der Waals surface area contributed by atoms with Crippen molar-refractivity contribution < 1.29 is 17.9 Å². The van der Waals surface area contributed by atoms with Crippen LogP contribution in [0.5, 0.6) is 0 Å². The predicted octanol–water partition coefficient (Wildman–Crippen LogP) is 4.34. The summed E-state index contributed by atoms with van der Waals surface area (Å²) in [7, 11) is -3.82. The molecule has 0 radical (unpaired) electrons. The number of hydrogen-bond donors (Lipinski definition) is 2. The van der Waals surface area contributed by atoms with Crippen LogP contribution in [-0.4, -0.2) is 47.0 Å². The van der Waals surface area contributed by atoms with Gasteiger partial charge in [-0.2, -0.15) is 4.31 Å². The number of imidazole rings is 1. The van der Waals surface area contributed by atoms with Gasteiger partial charge in [-0.05, 0) is 43.2 Å². The van der Waals surface area contributed by atoms with Crippen molar-refractivity contribution in [2.75, 3.05) is 13.1 Å². The standard InChI is InChI=1S/C20H18Cl2FN3O3S/c21-15-3-1-12(9-17(15)23)18-11-24-20(25-18)13-2-4-16(22)19(10-13)30(28,29)26-7-5-14(27)6-8-26/h1-4,9-11,14,27H,5-8H2,(H,24,25). The third-order valence-corrected chi connectivity index (χ3v) is 7.73. The molecule has 0 bridgehead atoms. The summed E-state index contributed by atoms with van der Waals surface area (Å²) >= 11 is 11.9. The van der Waals surface area contributed by atoms with Gasteiger partial charge in [-0.15, -0.1) is 0 Å². The van der Waals surface area contributed by atoms with Crippen LogP contribution < -0.4 is 0 Å². The zero-order valence-electron chi connectivity index (χ0n) is 15.6. The molecule has 2 N–H and O–H groups in total. The first kappa shape index (κ1) is 21.3. The molecule has 1 aliphatic heterocycles. The minimum absolute atomic E-state index is 0.0199. The van der Waals surface area contributed by atoms with Gasteiger partial charge < -0.3 is 10.1 Å². The molecule has 6 nitrogen and oxygen atoms in total. The molecule has 0 spiro atoms. The van der Waals surface area contributed by atoms with Gasteiger partial charge >= 0.3 is 0 Å². The quantitative estimate of drug-likeness (QED) is 0.594. The highest BCUT2D eigenvalue weighted by molar-refractivity contribution is 7.89. The number of piperidine rings is 1. The second-order valence-corrected chi connectivity index (χ2v) is 9.76. The molecule has 2 heterocycles. The Bertz CT molecular complexity index is 1190. The lowest BCUT2D eigenvalue weighted by Crippen LogP contribution is -2.40. The van der Waals surface area contributed by atoms with E-state index in [2.05, 4.69) is 9.97 Å². The fourth-order valence-electron chi connectivity index (χ4n) is 3.34. The van der Waals surface area contributed by atoms with Crippen molar-refractivity contribution in [3.63, 3.8) is 0 Å². The number of nitrogens with one attached hydrogen (secondary N) is 1. The molecule has 10 heteroatoms. The van der Waals surface area contributed by atoms with Crippen LogP contribution in [0, 0.1) is 5.82 Å². The number of benzene rings is 2. The minimum atomic E-state index is -3.82. The molecule has 30 heavy (non-hydrogen) atoms. The molecule has 158 valence electrons. The highest BCUT2D eigenvalue weighted by Crippen LogP contribution is 2.32. The molecule has 2 aromatic carbocycles. The first-order valence-electron chi connectivity index (χ1n) is 9.24. The van der Waals surface area contributed by atoms with E-state index in [1.807, 2.05) is 0 Å². The highest BCUT2D eigenvalue weighted by atomic mass is 35.5. The summed E-state index contributed by atoms with van der Waals surface area (Å²) in [6, 6.07) is 9.01. The van der Waals surface area contributed by atoms with Gasteiger partial charge in [0.15, 0.2) is 0 Å². The van der Waals surface area contributed by atoms with Crippen LogP contribution in [0.2, 0.25) is 10.0 Å². The number of H-pyrrole nitrogens is 1. The number of aromatic amines is 1. The lowest BCUT2D eigenvalue weighted by atomic mass is 10.1. The van der Waals surface area contributed by atoms with Crippen molar-refractivity contribution in [3.05, 3.63) is 58.5 Å². The van der Waals surface area contributed by atoms with E-state index in [9.17, 15) is 17.9 Å². The molecule has 0 saturated carbocycles. The van der Waals surface area contributed by atoms with Crippen molar-refractivity contribution in [1.29, 1.82) is 0 Å². The number of sulfonamides is 1. The molecular formula is C20H18Cl2FN3O3S. The van der Waals surface area contributed by atoms with Gasteiger partial charge in [0.25, 0.3) is 0 Å². The molecule has 4 rings (SSSR count). The largest absolute Gasteiger partial charge is 0.393 e. The first-order valence-corrected chi connectivity index (χ1v) is 11.4. The van der Waals surface area contributed by atoms with Crippen molar-refractivity contribution in [2.24, 2.45) is 0 Å². The lowest BCUT2D eigenvalue weighted by Gasteiger charge is -2.29. The molecule has 3 aromatic rings. The van der Waals surface area contributed by atoms with Crippen LogP contribution in [0.4, 0.5) is 4.39 Å². The molecule has 0 amide bonds. The van der Waals surface area contributed by atoms with E-state index in [-0.39, 0.29) is 28.0 Å². The van der Waals surface area contributed by atoms with Gasteiger partial charge in [0, 0.05) is 30.4 Å². The van der Waals surface area contributed by atoms with E-state index in [4.69, 9.17) is 23.2 Å². The summed E-state index contributed by atoms with van der Waals surface area (Å²) in [5, 5.41) is 9.78. The fourth-order valence-corrected chi connectivity index (χ4v) is 5.43. The number of halogens is 3. The lowest BCUT2D eigenvalue weighted by molar-refractivity contribution is 0.113. The zero-order valence-corrected chi connectivity index (χ0v) is 18.0. The Morgan fingerprint density at radius 2 is 1.73 bits per heavy atom. The Balaban J connectivity index is 1.67. The van der Waals surface area contributed by atoms with E-state index < -0.39 is 21.9 Å². The van der Waals surface area contributed by atoms with Gasteiger partial charge in [0.05, 0.1) is 21.8 Å². The SMILES string of the molecule is O=S(=O)(c1cc(-c2nc(-c3ccc(Cl)c(F)c3)c[nH]2)ccc1Cl)N1CCC(O)CC1. The summed E-state index contributed by atoms with van der Waals surface area (Å²) in [4.78, 5) is 7.41. The third kappa shape index (κ3) is 4.10. The average Bonchev–Trinajstić information content (AvgIpc) is 3.21. The monoisotopic (exact) mass is 469 g/mol. The third-order valence-electron chi connectivity index (χ3n) is 5.04. The van der Waals surface area contributed by atoms with Crippen LogP contribution in [0.3, 0.4) is 0 Å². The van der Waals surface area contributed by atoms with Gasteiger partial charge in [0.2, 0.25) is 10.0 Å². The molecule has 0 unspecified atom stereocenters. The maximum Gasteiger partial charge on any atom is 0.244 e. The fraction of sp³-hybridized carbons (Fsp3) is 0.250. The molecule has 0 atom stereocenters. The minimum Gasteiger partial charge on any atom is -0.393 e. The second-order valence-electron chi connectivity index (χ2n) is 7.04. The average molecular weight is 470 g/mol. The maximum absolute atomic E-state index is 13.8. The van der Waals surface area contributed by atoms with E-state index in [1.54, 1.807) is 18.3 Å². The van der Waals surface area contributed by atoms with E-state index in [0.717, 1.165) is 0 Å². The summed E-state index contributed by atoms with van der Waals surface area (Å²) in [5.41, 5.74) is 1.55. The van der Waals surface area contributed by atoms with Crippen LogP contribution in [0.1, 0.15) is 12.8 Å². The van der Waals surface area contributed by atoms with E-state index in [1.165, 1.54) is 28.6 Å². The van der Waals surface area contributed by atoms with E-state index >= 15 is 0 Å². The van der Waals surface area contributed by atoms with Crippen LogP contribution >= 0.6 is 23.2 Å². The number of nitrogens with zero attached hydrogens (tertiary/aromatic N) is 2. The normalized spacial score (nSPS) is 16.1. The van der Waals surface area contributed by atoms with E-state index in [0.29, 0.717) is 35.5 Å². The topological polar surface area (TPSA) is 86.3 Å². The maximum atomic E-state index is 13.8. The Hall–Kier alpha value is -1.97. The summed E-state index contributed by atoms with van der Waals surface area (Å²) in [6.07, 6.45) is 1.88. The number of rotatable bonds is 4. The molecule has 1 aliphatic rings. The first-order chi connectivity index (χ1) is 14.3. The van der Waals surface area contributed by atoms with Crippen molar-refractivity contribution in [2.45, 2.75) is 23.8 Å². The molecule has 0 aliphatic carbocycles. The van der Waals surface area contributed by atoms with Crippen molar-refractivity contribution in [1.82, 2.24) is 14.3 Å². The van der Waals surface area contributed by atoms with Crippen molar-refractivity contribution in [3.8, 4) is 22.6 Å². The van der Waals surface area contributed by atoms with Crippen LogP contribution in [-0.2, 0) is 10.0 Å². The van der Waals surface area contributed by atoms with Gasteiger partial charge in [-0.25, -0.2) is 17.8 Å². The Kier molecular flexibility index (Phi) is 5.87. The molecule has 1 aromatic heterocycles. The van der Waals surface area contributed by atoms with Gasteiger partial charge in [-0.3, -0.25) is 0 Å². The molecule has 1 fully saturated rings. The Morgan fingerprint density at radius 3 is 2.43 bits per heavy atom. The van der Waals surface area contributed by atoms with Gasteiger partial charge in [0.1, 0.15) is 16.5 Å². The second kappa shape index (κ2) is 8.28. The van der Waals surface area contributed by atoms with Crippen LogP contribution in [0.25, 0.3) is 22.6 Å². The number of aliphatic hydroxyl groups excluding tert-OH is 1. The predicted molar refractivity (Wildman–Crippen MR) is 113 cm³/mol. The number of aliphatic hydroxyl groups is 1. The summed E-state index contributed by atoms with van der Waals surface area (Å²) in [6.45, 7) is 0.466. The Morgan fingerprint density at radius 1 is 1.07 bits per heavy atom. The summed E-state index contributed by atoms with van der Waals surface area (Å²) in [5.74, 6) is -0.132. The number of aromatic nitrogens is 2. The highest BCUT2D eigenvalue weighted by Gasteiger charge is 2.30. The van der Waals surface area contributed by atoms with Crippen LogP contribution in [0.15, 0.2) is 47.5 Å². The number of hydrogen-bond acceptors (Lipinski definition) is 4. The molecular weight excluding hydrogens is 452 g/mol. The zero-order chi connectivity index (χ0) is 21.5. The Labute approximate surface area is 183 Å².